The number of rotatable bonds is 2. The first-order chi connectivity index (χ1) is 14.3. The first-order valence-electron chi connectivity index (χ1n) is 10.1. The molecule has 3 N–H and O–H groups in total. The van der Waals surface area contributed by atoms with E-state index in [1.807, 2.05) is 38.1 Å². The molecule has 5 rings (SSSR count). The monoisotopic (exact) mass is 403 g/mol. The number of carboxylic acids is 1. The third kappa shape index (κ3) is 2.76. The van der Waals surface area contributed by atoms with Crippen LogP contribution in [0.1, 0.15) is 56.6 Å². The van der Waals surface area contributed by atoms with Crippen LogP contribution in [0.25, 0.3) is 11.1 Å². The van der Waals surface area contributed by atoms with Crippen LogP contribution in [0.4, 0.5) is 10.1 Å². The molecule has 5 heteroatoms. The number of hydrogen-bond donors (Lipinski definition) is 3. The van der Waals surface area contributed by atoms with Gasteiger partial charge in [0.2, 0.25) is 0 Å². The van der Waals surface area contributed by atoms with Gasteiger partial charge in [0.15, 0.2) is 5.82 Å². The number of aromatic hydroxyl groups is 1. The Kier molecular flexibility index (Phi) is 4.10. The summed E-state index contributed by atoms with van der Waals surface area (Å²) >= 11 is 0. The van der Waals surface area contributed by atoms with Crippen molar-refractivity contribution in [2.24, 2.45) is 0 Å². The zero-order valence-corrected chi connectivity index (χ0v) is 16.8. The molecule has 2 atom stereocenters. The Bertz CT molecular complexity index is 1200. The summed E-state index contributed by atoms with van der Waals surface area (Å²) in [5.74, 6) is -1.58. The molecule has 30 heavy (non-hydrogen) atoms. The summed E-state index contributed by atoms with van der Waals surface area (Å²) in [4.78, 5) is 11.4. The van der Waals surface area contributed by atoms with E-state index >= 15 is 4.39 Å². The van der Waals surface area contributed by atoms with Crippen LogP contribution in [0, 0.1) is 19.7 Å². The number of phenols is 1. The van der Waals surface area contributed by atoms with Crippen LogP contribution >= 0.6 is 0 Å². The highest BCUT2D eigenvalue weighted by Gasteiger charge is 2.39. The van der Waals surface area contributed by atoms with Crippen molar-refractivity contribution in [1.82, 2.24) is 0 Å². The highest BCUT2D eigenvalue weighted by molar-refractivity contribution is 5.91. The molecule has 0 amide bonds. The van der Waals surface area contributed by atoms with Gasteiger partial charge in [0.1, 0.15) is 11.3 Å². The second kappa shape index (κ2) is 6.59. The molecule has 1 aliphatic heterocycles. The summed E-state index contributed by atoms with van der Waals surface area (Å²) in [6.45, 7) is 4.01. The van der Waals surface area contributed by atoms with Crippen LogP contribution in [0.3, 0.4) is 0 Å². The molecule has 0 spiro atoms. The molecule has 3 aromatic rings. The Morgan fingerprint density at radius 3 is 2.50 bits per heavy atom. The zero-order chi connectivity index (χ0) is 21.2. The first kappa shape index (κ1) is 18.7. The van der Waals surface area contributed by atoms with Crippen molar-refractivity contribution in [2.75, 3.05) is 5.32 Å². The molecule has 0 aromatic heterocycles. The van der Waals surface area contributed by atoms with Crippen LogP contribution in [0.15, 0.2) is 42.5 Å². The average molecular weight is 403 g/mol. The van der Waals surface area contributed by atoms with Gasteiger partial charge in [0, 0.05) is 11.5 Å². The molecule has 0 radical (unpaired) electrons. The minimum absolute atomic E-state index is 0.0883. The minimum atomic E-state index is -1.15. The average Bonchev–Trinajstić information content (AvgIpc) is 3.07. The van der Waals surface area contributed by atoms with Gasteiger partial charge in [0.05, 0.1) is 11.7 Å². The first-order valence-corrected chi connectivity index (χ1v) is 10.1. The number of benzene rings is 3. The van der Waals surface area contributed by atoms with E-state index in [1.165, 1.54) is 6.07 Å². The van der Waals surface area contributed by atoms with Crippen LogP contribution in [-0.4, -0.2) is 16.2 Å². The molecule has 152 valence electrons. The van der Waals surface area contributed by atoms with E-state index < -0.39 is 5.97 Å². The lowest BCUT2D eigenvalue weighted by atomic mass is 9.78. The van der Waals surface area contributed by atoms with E-state index in [4.69, 9.17) is 0 Å². The molecule has 2 aliphatic rings. The predicted octanol–water partition coefficient (Wildman–Crippen LogP) is 5.71. The van der Waals surface area contributed by atoms with Crippen molar-refractivity contribution in [2.45, 2.75) is 38.6 Å². The number of aryl methyl sites for hydroxylation is 3. The molecule has 1 heterocycles. The largest absolute Gasteiger partial charge is 0.507 e. The van der Waals surface area contributed by atoms with Gasteiger partial charge in [-0.2, -0.15) is 0 Å². The number of fused-ring (bicyclic) bond motifs is 5. The van der Waals surface area contributed by atoms with E-state index in [-0.39, 0.29) is 29.1 Å². The van der Waals surface area contributed by atoms with Crippen LogP contribution in [0.5, 0.6) is 5.75 Å². The van der Waals surface area contributed by atoms with Gasteiger partial charge >= 0.3 is 5.97 Å². The highest BCUT2D eigenvalue weighted by Crippen LogP contribution is 2.52. The molecule has 2 unspecified atom stereocenters. The molecular formula is C25H22FNO3. The molecule has 1 aliphatic carbocycles. The molecule has 0 fully saturated rings. The number of nitrogens with one attached hydrogen (secondary N) is 1. The lowest BCUT2D eigenvalue weighted by Gasteiger charge is -2.29. The highest BCUT2D eigenvalue weighted by atomic mass is 19.1. The van der Waals surface area contributed by atoms with Gasteiger partial charge in [-0.1, -0.05) is 41.5 Å². The Labute approximate surface area is 174 Å². The van der Waals surface area contributed by atoms with Gasteiger partial charge in [0.25, 0.3) is 0 Å². The van der Waals surface area contributed by atoms with E-state index in [2.05, 4.69) is 11.4 Å². The lowest BCUT2D eigenvalue weighted by Crippen LogP contribution is -2.20. The van der Waals surface area contributed by atoms with Crippen LogP contribution in [0.2, 0.25) is 0 Å². The molecule has 0 saturated heterocycles. The number of aromatic carboxylic acids is 1. The molecular weight excluding hydrogens is 381 g/mol. The Balaban J connectivity index is 1.58. The standard InChI is InChI=1S/C25H22FNO3/c1-12-7-13(2)9-15(8-12)16-5-6-18-17-4-3-14-10-20(25(29)30)21(28)11-19(14)23(17)27-24(18)22(16)26/h5-11,17,23,27-28H,3-4H2,1-2H3,(H,29,30). The van der Waals surface area contributed by atoms with Crippen molar-refractivity contribution < 1.29 is 19.4 Å². The van der Waals surface area contributed by atoms with Gasteiger partial charge in [-0.15, -0.1) is 0 Å². The maximum atomic E-state index is 15.6. The summed E-state index contributed by atoms with van der Waals surface area (Å²) in [5, 5.41) is 22.8. The normalized spacial score (nSPS) is 18.9. The fraction of sp³-hybridized carbons (Fsp3) is 0.240. The predicted molar refractivity (Wildman–Crippen MR) is 114 cm³/mol. The van der Waals surface area contributed by atoms with Gasteiger partial charge in [-0.3, -0.25) is 0 Å². The summed E-state index contributed by atoms with van der Waals surface area (Å²) < 4.78 is 15.6. The third-order valence-corrected chi connectivity index (χ3v) is 6.36. The van der Waals surface area contributed by atoms with E-state index in [0.717, 1.165) is 39.8 Å². The SMILES string of the molecule is Cc1cc(C)cc(-c2ccc3c(c2F)NC2c4cc(O)c(C(=O)O)cc4CCC32)c1. The summed E-state index contributed by atoms with van der Waals surface area (Å²) in [7, 11) is 0. The maximum absolute atomic E-state index is 15.6. The number of carboxylic acid groups (broad SMARTS) is 1. The van der Waals surface area contributed by atoms with Gasteiger partial charge in [-0.05, 0) is 61.1 Å². The van der Waals surface area contributed by atoms with Gasteiger partial charge < -0.3 is 15.5 Å². The van der Waals surface area contributed by atoms with Crippen molar-refractivity contribution in [3.63, 3.8) is 0 Å². The fourth-order valence-corrected chi connectivity index (χ4v) is 5.09. The molecule has 3 aromatic carbocycles. The lowest BCUT2D eigenvalue weighted by molar-refractivity contribution is 0.0693. The smallest absolute Gasteiger partial charge is 0.339 e. The number of halogens is 1. The van der Waals surface area contributed by atoms with Crippen molar-refractivity contribution in [3.8, 4) is 16.9 Å². The second-order valence-corrected chi connectivity index (χ2v) is 8.41. The molecule has 4 nitrogen and oxygen atoms in total. The quantitative estimate of drug-likeness (QED) is 0.513. The topological polar surface area (TPSA) is 69.6 Å². The fourth-order valence-electron chi connectivity index (χ4n) is 5.09. The zero-order valence-electron chi connectivity index (χ0n) is 16.8. The summed E-state index contributed by atoms with van der Waals surface area (Å²) in [6, 6.07) is 12.8. The van der Waals surface area contributed by atoms with Crippen LogP contribution < -0.4 is 5.32 Å². The molecule has 0 bridgehead atoms. The van der Waals surface area contributed by atoms with Gasteiger partial charge in [-0.25, -0.2) is 9.18 Å². The van der Waals surface area contributed by atoms with E-state index in [9.17, 15) is 15.0 Å². The van der Waals surface area contributed by atoms with Crippen molar-refractivity contribution in [1.29, 1.82) is 0 Å². The van der Waals surface area contributed by atoms with Crippen molar-refractivity contribution >= 4 is 11.7 Å². The Morgan fingerprint density at radius 2 is 1.80 bits per heavy atom. The number of hydrogen-bond acceptors (Lipinski definition) is 3. The number of anilines is 1. The molecule has 0 saturated carbocycles. The Morgan fingerprint density at radius 1 is 1.07 bits per heavy atom. The van der Waals surface area contributed by atoms with Crippen LogP contribution in [-0.2, 0) is 6.42 Å². The second-order valence-electron chi connectivity index (χ2n) is 8.41. The summed E-state index contributed by atoms with van der Waals surface area (Å²) in [6.07, 6.45) is 1.49. The van der Waals surface area contributed by atoms with E-state index in [0.29, 0.717) is 17.7 Å². The van der Waals surface area contributed by atoms with Crippen molar-refractivity contribution in [3.05, 3.63) is 81.7 Å². The van der Waals surface area contributed by atoms with E-state index in [1.54, 1.807) is 6.07 Å². The Hall–Kier alpha value is -3.34. The maximum Gasteiger partial charge on any atom is 0.339 e. The minimum Gasteiger partial charge on any atom is -0.507 e. The summed E-state index contributed by atoms with van der Waals surface area (Å²) in [5.41, 5.74) is 6.69. The third-order valence-electron chi connectivity index (χ3n) is 6.36. The number of carbonyl (C=O) groups is 1.